The van der Waals surface area contributed by atoms with Gasteiger partial charge in [-0.25, -0.2) is 0 Å². The first-order valence-corrected chi connectivity index (χ1v) is 8.55. The zero-order valence-electron chi connectivity index (χ0n) is 14.2. The number of carbonyl (C=O) groups is 1. The lowest BCUT2D eigenvalue weighted by Gasteiger charge is -2.31. The maximum Gasteiger partial charge on any atom is 0.221 e. The summed E-state index contributed by atoms with van der Waals surface area (Å²) in [6, 6.07) is 6.25. The van der Waals surface area contributed by atoms with Crippen LogP contribution in [0.15, 0.2) is 18.2 Å². The average Bonchev–Trinajstić information content (AvgIpc) is 3.08. The Morgan fingerprint density at radius 2 is 1.88 bits per heavy atom. The Kier molecular flexibility index (Phi) is 6.75. The van der Waals surface area contributed by atoms with Gasteiger partial charge in [-0.2, -0.15) is 0 Å². The fourth-order valence-electron chi connectivity index (χ4n) is 3.59. The van der Waals surface area contributed by atoms with E-state index in [-0.39, 0.29) is 23.7 Å². The van der Waals surface area contributed by atoms with E-state index in [9.17, 15) is 4.79 Å². The van der Waals surface area contributed by atoms with Crippen LogP contribution in [0.2, 0.25) is 0 Å². The van der Waals surface area contributed by atoms with Gasteiger partial charge >= 0.3 is 0 Å². The van der Waals surface area contributed by atoms with E-state index in [1.54, 1.807) is 0 Å². The third-order valence-electron chi connectivity index (χ3n) is 4.94. The van der Waals surface area contributed by atoms with Crippen molar-refractivity contribution in [2.45, 2.75) is 37.5 Å². The van der Waals surface area contributed by atoms with Crippen LogP contribution in [0.25, 0.3) is 0 Å². The molecule has 3 rings (SSSR count). The molecule has 2 aliphatic rings. The highest BCUT2D eigenvalue weighted by Crippen LogP contribution is 2.43. The van der Waals surface area contributed by atoms with E-state index in [1.807, 2.05) is 13.1 Å². The van der Waals surface area contributed by atoms with Gasteiger partial charge in [0.2, 0.25) is 5.91 Å². The molecule has 1 amide bonds. The summed E-state index contributed by atoms with van der Waals surface area (Å²) >= 11 is 0. The summed E-state index contributed by atoms with van der Waals surface area (Å²) < 4.78 is 11.3. The molecule has 0 unspecified atom stereocenters. The van der Waals surface area contributed by atoms with Gasteiger partial charge in [0, 0.05) is 24.9 Å². The molecule has 5 nitrogen and oxygen atoms in total. The second kappa shape index (κ2) is 8.58. The van der Waals surface area contributed by atoms with Gasteiger partial charge in [0.25, 0.3) is 0 Å². The van der Waals surface area contributed by atoms with Crippen molar-refractivity contribution in [2.75, 3.05) is 33.4 Å². The summed E-state index contributed by atoms with van der Waals surface area (Å²) in [7, 11) is 1.86. The lowest BCUT2D eigenvalue weighted by Crippen LogP contribution is -2.39. The summed E-state index contributed by atoms with van der Waals surface area (Å²) in [4.78, 5) is 12.0. The van der Waals surface area contributed by atoms with Crippen molar-refractivity contribution in [3.63, 3.8) is 0 Å². The minimum Gasteiger partial charge on any atom is -0.486 e. The second-order valence-electron chi connectivity index (χ2n) is 6.48. The molecular weight excluding hydrogens is 328 g/mol. The van der Waals surface area contributed by atoms with E-state index in [2.05, 4.69) is 22.8 Å². The predicted molar refractivity (Wildman–Crippen MR) is 96.4 cm³/mol. The molecule has 0 atom stereocenters. The average molecular weight is 355 g/mol. The van der Waals surface area contributed by atoms with Crippen molar-refractivity contribution >= 4 is 18.3 Å². The van der Waals surface area contributed by atoms with E-state index < -0.39 is 0 Å². The first-order chi connectivity index (χ1) is 11.2. The van der Waals surface area contributed by atoms with Gasteiger partial charge in [-0.15, -0.1) is 12.4 Å². The molecule has 0 radical (unpaired) electrons. The Morgan fingerprint density at radius 1 is 1.17 bits per heavy atom. The highest BCUT2D eigenvalue weighted by molar-refractivity contribution is 5.85. The van der Waals surface area contributed by atoms with Gasteiger partial charge in [-0.3, -0.25) is 4.79 Å². The molecule has 0 spiro atoms. The van der Waals surface area contributed by atoms with E-state index >= 15 is 0 Å². The fraction of sp³-hybridized carbons (Fsp3) is 0.611. The predicted octanol–water partition coefficient (Wildman–Crippen LogP) is 2.42. The van der Waals surface area contributed by atoms with Crippen LogP contribution >= 0.6 is 12.4 Å². The third kappa shape index (κ3) is 4.14. The fourth-order valence-corrected chi connectivity index (χ4v) is 3.59. The van der Waals surface area contributed by atoms with Gasteiger partial charge in [-0.05, 0) is 37.6 Å². The van der Waals surface area contributed by atoms with Crippen LogP contribution in [0.5, 0.6) is 11.5 Å². The number of ether oxygens (including phenoxy) is 2. The molecule has 0 bridgehead atoms. The highest BCUT2D eigenvalue weighted by atomic mass is 35.5. The van der Waals surface area contributed by atoms with Gasteiger partial charge in [0.05, 0.1) is 0 Å². The Morgan fingerprint density at radius 3 is 2.58 bits per heavy atom. The van der Waals surface area contributed by atoms with E-state index in [4.69, 9.17) is 9.47 Å². The molecule has 1 heterocycles. The normalized spacial score (nSPS) is 17.9. The van der Waals surface area contributed by atoms with Crippen LogP contribution in [0.4, 0.5) is 0 Å². The number of halogens is 1. The summed E-state index contributed by atoms with van der Waals surface area (Å²) in [5, 5.41) is 6.14. The lowest BCUT2D eigenvalue weighted by molar-refractivity contribution is -0.121. The SMILES string of the molecule is CNCCC(=O)NCC1(c2ccc3c(c2)OCCO3)CCCC1.Cl. The van der Waals surface area contributed by atoms with Crippen LogP contribution in [-0.2, 0) is 10.2 Å². The molecule has 0 saturated heterocycles. The number of rotatable bonds is 6. The molecule has 1 fully saturated rings. The van der Waals surface area contributed by atoms with Crippen molar-refractivity contribution < 1.29 is 14.3 Å². The summed E-state index contributed by atoms with van der Waals surface area (Å²) in [6.45, 7) is 2.63. The van der Waals surface area contributed by atoms with Crippen molar-refractivity contribution in [2.24, 2.45) is 0 Å². The zero-order valence-corrected chi connectivity index (χ0v) is 15.0. The Balaban J connectivity index is 0.00000208. The minimum atomic E-state index is 0. The molecule has 1 aliphatic heterocycles. The molecule has 6 heteroatoms. The molecule has 2 N–H and O–H groups in total. The highest BCUT2D eigenvalue weighted by Gasteiger charge is 2.36. The summed E-state index contributed by atoms with van der Waals surface area (Å²) in [5.74, 6) is 1.77. The first kappa shape index (κ1) is 18.9. The van der Waals surface area contributed by atoms with Crippen LogP contribution in [-0.4, -0.2) is 39.3 Å². The Bertz CT molecular complexity index is 559. The monoisotopic (exact) mass is 354 g/mol. The molecule has 1 aromatic carbocycles. The number of benzene rings is 1. The molecule has 24 heavy (non-hydrogen) atoms. The van der Waals surface area contributed by atoms with Gasteiger partial charge in [-0.1, -0.05) is 18.9 Å². The van der Waals surface area contributed by atoms with E-state index in [1.165, 1.54) is 18.4 Å². The maximum absolute atomic E-state index is 12.0. The van der Waals surface area contributed by atoms with E-state index in [0.29, 0.717) is 32.7 Å². The number of hydrogen-bond donors (Lipinski definition) is 2. The minimum absolute atomic E-state index is 0. The standard InChI is InChI=1S/C18H26N2O3.ClH/c1-19-9-6-17(21)20-13-18(7-2-3-8-18)14-4-5-15-16(12-14)23-11-10-22-15;/h4-5,12,19H,2-3,6-11,13H2,1H3,(H,20,21);1H. The molecule has 1 aliphatic carbocycles. The number of fused-ring (bicyclic) bond motifs is 1. The Hall–Kier alpha value is -1.46. The van der Waals surface area contributed by atoms with Crippen LogP contribution in [0.1, 0.15) is 37.7 Å². The number of nitrogens with one attached hydrogen (secondary N) is 2. The van der Waals surface area contributed by atoms with Crippen molar-refractivity contribution in [1.82, 2.24) is 10.6 Å². The quantitative estimate of drug-likeness (QED) is 0.823. The van der Waals surface area contributed by atoms with Gasteiger partial charge in [0.1, 0.15) is 13.2 Å². The molecule has 0 aromatic heterocycles. The summed E-state index contributed by atoms with van der Waals surface area (Å²) in [6.07, 6.45) is 5.16. The largest absolute Gasteiger partial charge is 0.486 e. The van der Waals surface area contributed by atoms with Crippen LogP contribution in [0, 0.1) is 0 Å². The number of amides is 1. The molecule has 1 saturated carbocycles. The van der Waals surface area contributed by atoms with Gasteiger partial charge in [0.15, 0.2) is 11.5 Å². The van der Waals surface area contributed by atoms with Crippen LogP contribution < -0.4 is 20.1 Å². The Labute approximate surface area is 149 Å². The van der Waals surface area contributed by atoms with E-state index in [0.717, 1.165) is 24.3 Å². The van der Waals surface area contributed by atoms with Gasteiger partial charge < -0.3 is 20.1 Å². The second-order valence-corrected chi connectivity index (χ2v) is 6.48. The lowest BCUT2D eigenvalue weighted by atomic mass is 9.78. The van der Waals surface area contributed by atoms with Crippen LogP contribution in [0.3, 0.4) is 0 Å². The topological polar surface area (TPSA) is 59.6 Å². The number of hydrogen-bond acceptors (Lipinski definition) is 4. The summed E-state index contributed by atoms with van der Waals surface area (Å²) in [5.41, 5.74) is 1.29. The third-order valence-corrected chi connectivity index (χ3v) is 4.94. The molecular formula is C18H27ClN2O3. The zero-order chi connectivity index (χ0) is 16.1. The first-order valence-electron chi connectivity index (χ1n) is 8.55. The number of carbonyl (C=O) groups excluding carboxylic acids is 1. The molecule has 134 valence electrons. The van der Waals surface area contributed by atoms with Crippen molar-refractivity contribution in [3.8, 4) is 11.5 Å². The molecule has 1 aromatic rings. The maximum atomic E-state index is 12.0. The van der Waals surface area contributed by atoms with Crippen molar-refractivity contribution in [3.05, 3.63) is 23.8 Å². The van der Waals surface area contributed by atoms with Crippen molar-refractivity contribution in [1.29, 1.82) is 0 Å². The smallest absolute Gasteiger partial charge is 0.221 e.